The van der Waals surface area contributed by atoms with Gasteiger partial charge in [0.25, 0.3) is 0 Å². The summed E-state index contributed by atoms with van der Waals surface area (Å²) in [5.41, 5.74) is -1.49. The number of rotatable bonds is 19. The van der Waals surface area contributed by atoms with Crippen molar-refractivity contribution in [3.05, 3.63) is 24.3 Å². The Morgan fingerprint density at radius 2 is 1.53 bits per heavy atom. The molecule has 4 aliphatic rings. The minimum absolute atomic E-state index is 0.0318. The van der Waals surface area contributed by atoms with Crippen LogP contribution < -0.4 is 0 Å². The van der Waals surface area contributed by atoms with Gasteiger partial charge in [-0.15, -0.1) is 0 Å². The summed E-state index contributed by atoms with van der Waals surface area (Å²) < 4.78 is 52.4. The van der Waals surface area contributed by atoms with Crippen LogP contribution in [0.25, 0.3) is 0 Å². The molecule has 1 unspecified atom stereocenters. The number of esters is 2. The van der Waals surface area contributed by atoms with E-state index in [0.29, 0.717) is 6.42 Å². The Morgan fingerprint density at radius 3 is 2.09 bits per heavy atom. The topological polar surface area (TPSA) is 418 Å². The highest BCUT2D eigenvalue weighted by Gasteiger charge is 2.53. The fourth-order valence-corrected chi connectivity index (χ4v) is 9.94. The highest BCUT2D eigenvalue weighted by molar-refractivity contribution is 5.73. The minimum Gasteiger partial charge on any atom is -0.479 e. The number of carbonyl (C=O) groups excluding carboxylic acids is 3. The zero-order valence-electron chi connectivity index (χ0n) is 46.5. The van der Waals surface area contributed by atoms with Crippen LogP contribution in [0.1, 0.15) is 87.0 Å². The number of cyclic esters (lactones) is 1. The van der Waals surface area contributed by atoms with E-state index < -0.39 is 184 Å². The first kappa shape index (κ1) is 70.0. The van der Waals surface area contributed by atoms with Crippen molar-refractivity contribution < 1.29 is 128 Å². The van der Waals surface area contributed by atoms with Crippen LogP contribution in [0.3, 0.4) is 0 Å². The van der Waals surface area contributed by atoms with Crippen molar-refractivity contribution >= 4 is 24.2 Å². The molecule has 27 heteroatoms. The van der Waals surface area contributed by atoms with Gasteiger partial charge in [-0.25, -0.2) is 4.79 Å². The summed E-state index contributed by atoms with van der Waals surface area (Å²) in [4.78, 5) is 50.0. The number of aliphatic carboxylic acids is 1. The zero-order valence-corrected chi connectivity index (χ0v) is 46.5. The number of carboxylic acid groups (broad SMARTS) is 1. The summed E-state index contributed by atoms with van der Waals surface area (Å²) in [6, 6.07) is -0.753. The minimum atomic E-state index is -2.39. The summed E-state index contributed by atoms with van der Waals surface area (Å²) in [6.07, 6.45) is -20.9. The second-order valence-electron chi connectivity index (χ2n) is 21.7. The van der Waals surface area contributed by atoms with Gasteiger partial charge in [0.15, 0.2) is 31.1 Å². The molecule has 4 rings (SSSR count). The van der Waals surface area contributed by atoms with Crippen LogP contribution in [0.15, 0.2) is 24.3 Å². The summed E-state index contributed by atoms with van der Waals surface area (Å²) in [5, 5.41) is 130. The molecule has 0 aromatic rings. The Bertz CT molecular complexity index is 1910. The summed E-state index contributed by atoms with van der Waals surface area (Å²) in [6.45, 7) is 10.6. The third-order valence-corrected chi connectivity index (χ3v) is 14.2. The molecular formula is C52H89NO26. The van der Waals surface area contributed by atoms with Crippen molar-refractivity contribution in [3.8, 4) is 0 Å². The van der Waals surface area contributed by atoms with Crippen LogP contribution in [0.2, 0.25) is 0 Å². The molecule has 13 N–H and O–H groups in total. The SMILES string of the molecule is CO[C@@H]1[C@@H](OC2O[C@H](C)[C@@H](O[C@H]3C[C@@](C)(O)[C@@H](OC(=O)CC(C)C)[C@H](C)O3)[C@H](N(C)C)[C@H]2O)[C@@H](CC=O)C[C@@H](C)[C@@H](O)/C=C/C=C/C[C@@H](C)OC(=O)C[C@H]1O.O=C(O)[C@H](O)[C@@H](O)[C@H](O[C@@H]1O[C@H](CO)[C@H](O)[C@H](O)[C@H]1O)[C@H](O)CO. The van der Waals surface area contributed by atoms with E-state index in [-0.39, 0.29) is 37.5 Å². The molecule has 0 spiro atoms. The van der Waals surface area contributed by atoms with Crippen molar-refractivity contribution in [1.82, 2.24) is 4.90 Å². The van der Waals surface area contributed by atoms with Gasteiger partial charge < -0.3 is 119 Å². The largest absolute Gasteiger partial charge is 0.479 e. The van der Waals surface area contributed by atoms with Crippen LogP contribution in [-0.2, 0) is 61.8 Å². The number of aliphatic hydroxyl groups excluding tert-OH is 11. The van der Waals surface area contributed by atoms with E-state index in [9.17, 15) is 70.2 Å². The molecule has 458 valence electrons. The number of hydrogen-bond donors (Lipinski definition) is 13. The van der Waals surface area contributed by atoms with E-state index in [4.69, 9.17) is 58.0 Å². The normalized spacial score (nSPS) is 40.4. The maximum Gasteiger partial charge on any atom is 0.335 e. The number of likely N-dealkylation sites (N-methyl/N-ethyl adjacent to an activating group) is 1. The number of aldehydes is 1. The highest BCUT2D eigenvalue weighted by Crippen LogP contribution is 2.38. The van der Waals surface area contributed by atoms with Gasteiger partial charge in [-0.3, -0.25) is 9.59 Å². The van der Waals surface area contributed by atoms with Gasteiger partial charge >= 0.3 is 17.9 Å². The van der Waals surface area contributed by atoms with E-state index in [1.165, 1.54) is 7.11 Å². The molecule has 0 amide bonds. The first-order valence-electron chi connectivity index (χ1n) is 26.5. The first-order valence-corrected chi connectivity index (χ1v) is 26.5. The van der Waals surface area contributed by atoms with E-state index in [2.05, 4.69) is 0 Å². The van der Waals surface area contributed by atoms with Gasteiger partial charge in [-0.1, -0.05) is 45.1 Å². The fraction of sp³-hybridized carbons (Fsp3) is 0.846. The summed E-state index contributed by atoms with van der Waals surface area (Å²) in [7, 11) is 4.86. The molecule has 4 heterocycles. The zero-order chi connectivity index (χ0) is 59.8. The van der Waals surface area contributed by atoms with Crippen LogP contribution >= 0.6 is 0 Å². The van der Waals surface area contributed by atoms with Gasteiger partial charge in [0, 0.05) is 32.8 Å². The number of carbonyl (C=O) groups is 4. The number of ether oxygens (including phenoxy) is 9. The third-order valence-electron chi connectivity index (χ3n) is 14.2. The van der Waals surface area contributed by atoms with Crippen LogP contribution in [0, 0.1) is 17.8 Å². The second kappa shape index (κ2) is 32.6. The lowest BCUT2D eigenvalue weighted by atomic mass is 9.82. The maximum absolute atomic E-state index is 12.9. The monoisotopic (exact) mass is 1140 g/mol. The molecule has 0 radical (unpaired) electrons. The predicted octanol–water partition coefficient (Wildman–Crippen LogP) is -3.23. The average Bonchev–Trinajstić information content (AvgIpc) is 3.42. The molecule has 25 atom stereocenters. The van der Waals surface area contributed by atoms with E-state index >= 15 is 0 Å². The van der Waals surface area contributed by atoms with Crippen molar-refractivity contribution in [2.45, 2.75) is 227 Å². The molecule has 3 saturated heterocycles. The van der Waals surface area contributed by atoms with Crippen molar-refractivity contribution in [1.29, 1.82) is 0 Å². The molecule has 0 saturated carbocycles. The van der Waals surface area contributed by atoms with Crippen LogP contribution in [0.4, 0.5) is 0 Å². The van der Waals surface area contributed by atoms with Crippen molar-refractivity contribution in [3.63, 3.8) is 0 Å². The van der Waals surface area contributed by atoms with Gasteiger partial charge in [0.1, 0.15) is 79.0 Å². The molecular weight excluding hydrogens is 1050 g/mol. The molecule has 27 nitrogen and oxygen atoms in total. The molecule has 3 fully saturated rings. The quantitative estimate of drug-likeness (QED) is 0.0447. The Hall–Kier alpha value is -3.24. The Morgan fingerprint density at radius 1 is 0.873 bits per heavy atom. The second-order valence-corrected chi connectivity index (χ2v) is 21.7. The van der Waals surface area contributed by atoms with E-state index in [1.807, 2.05) is 26.8 Å². The average molecular weight is 1140 g/mol. The molecule has 79 heavy (non-hydrogen) atoms. The number of allylic oxidation sites excluding steroid dienone is 2. The van der Waals surface area contributed by atoms with Gasteiger partial charge in [0.2, 0.25) is 0 Å². The van der Waals surface area contributed by atoms with Crippen LogP contribution in [-0.4, -0.2) is 270 Å². The molecule has 4 aliphatic heterocycles. The van der Waals surface area contributed by atoms with Gasteiger partial charge in [-0.05, 0) is 66.0 Å². The third kappa shape index (κ3) is 20.0. The van der Waals surface area contributed by atoms with E-state index in [1.54, 1.807) is 64.9 Å². The number of methoxy groups -OCH3 is 1. The number of nitrogens with zero attached hydrogens (tertiary/aromatic N) is 1. The fourth-order valence-electron chi connectivity index (χ4n) is 9.94. The summed E-state index contributed by atoms with van der Waals surface area (Å²) in [5.74, 6) is -3.87. The highest BCUT2D eigenvalue weighted by atomic mass is 16.7. The van der Waals surface area contributed by atoms with Gasteiger partial charge in [0.05, 0.1) is 56.2 Å². The lowest BCUT2D eigenvalue weighted by Gasteiger charge is -2.50. The number of hydrogen-bond acceptors (Lipinski definition) is 26. The number of carboxylic acids is 1. The predicted molar refractivity (Wildman–Crippen MR) is 272 cm³/mol. The first-order chi connectivity index (χ1) is 36.9. The smallest absolute Gasteiger partial charge is 0.335 e. The lowest BCUT2D eigenvalue weighted by molar-refractivity contribution is -0.344. The lowest BCUT2D eigenvalue weighted by Crippen LogP contribution is -2.66. The Labute approximate surface area is 460 Å². The van der Waals surface area contributed by atoms with E-state index in [0.717, 1.165) is 6.29 Å². The molecule has 0 aromatic heterocycles. The number of aliphatic hydroxyl groups is 12. The summed E-state index contributed by atoms with van der Waals surface area (Å²) >= 11 is 0. The molecule has 0 aromatic carbocycles. The van der Waals surface area contributed by atoms with Crippen molar-refractivity contribution in [2.24, 2.45) is 17.8 Å². The Balaban J connectivity index is 0.000000569. The molecule has 0 bridgehead atoms. The molecule has 0 aliphatic carbocycles. The maximum atomic E-state index is 12.9. The van der Waals surface area contributed by atoms with Gasteiger partial charge in [-0.2, -0.15) is 0 Å². The Kier molecular flexibility index (Phi) is 28.9. The standard InChI is InChI=1S/C40H67NO14.C12H22O12/c1-22(2)18-30(45)53-38-26(6)51-32(21-40(38,7)48)54-35-25(5)52-39(34(47)33(35)41(8)9)55-36-27(16-17-42)19-23(3)28(43)15-13-11-12-14-24(4)50-31(46)20-29(44)37(36)49-10;13-1-3(15)10(7(18)8(19)11(21)22)24-12-9(20)6(17)5(16)4(2-14)23-12/h11-13,15,17,22-29,32-39,43-44,47-48H,14,16,18-21H2,1-10H3;3-10,12-20H,1-2H2,(H,21,22)/b12-11+,15-13+;/t23-,24-,25-,26+,27+,28+,29-,32+,33-,34-,35-,36+,37+,38+,39?,40-;3-,4-,5+,6+,7-,8-,9-,10-,12+/m11/s1. The van der Waals surface area contributed by atoms with Crippen molar-refractivity contribution in [2.75, 3.05) is 34.4 Å². The van der Waals surface area contributed by atoms with Crippen LogP contribution in [0.5, 0.6) is 0 Å².